The van der Waals surface area contributed by atoms with E-state index in [2.05, 4.69) is 15.2 Å². The molecule has 7 heteroatoms. The van der Waals surface area contributed by atoms with Crippen LogP contribution in [0.15, 0.2) is 17.0 Å². The van der Waals surface area contributed by atoms with Gasteiger partial charge in [0.2, 0.25) is 10.0 Å². The van der Waals surface area contributed by atoms with E-state index in [0.717, 1.165) is 24.2 Å². The molecule has 0 saturated heterocycles. The molecule has 6 nitrogen and oxygen atoms in total. The second-order valence-corrected chi connectivity index (χ2v) is 6.81. The van der Waals surface area contributed by atoms with Gasteiger partial charge >= 0.3 is 0 Å². The maximum absolute atomic E-state index is 11.6. The molecule has 1 fully saturated rings. The number of H-pyrrole nitrogens is 1. The molecule has 1 aliphatic carbocycles. The van der Waals surface area contributed by atoms with Crippen LogP contribution in [-0.2, 0) is 10.0 Å². The van der Waals surface area contributed by atoms with Gasteiger partial charge in [0.25, 0.3) is 0 Å². The van der Waals surface area contributed by atoms with E-state index in [1.165, 1.54) is 6.07 Å². The van der Waals surface area contributed by atoms with Crippen molar-refractivity contribution in [3.05, 3.63) is 29.1 Å². The first kappa shape index (κ1) is 13.3. The number of rotatable bonds is 3. The second kappa shape index (κ2) is 4.39. The summed E-state index contributed by atoms with van der Waals surface area (Å²) < 4.78 is 23.3. The second-order valence-electron chi connectivity index (χ2n) is 5.28. The number of hydrogen-bond donors (Lipinski definition) is 2. The van der Waals surface area contributed by atoms with Gasteiger partial charge in [-0.15, -0.1) is 0 Å². The average molecular weight is 292 g/mol. The summed E-state index contributed by atoms with van der Waals surface area (Å²) in [5.74, 6) is 1.86. The summed E-state index contributed by atoms with van der Waals surface area (Å²) in [6.07, 6.45) is 2.26. The predicted octanol–water partition coefficient (Wildman–Crippen LogP) is 1.61. The van der Waals surface area contributed by atoms with Gasteiger partial charge in [0.1, 0.15) is 5.82 Å². The van der Waals surface area contributed by atoms with Gasteiger partial charge in [-0.3, -0.25) is 5.10 Å². The number of benzene rings is 1. The molecule has 0 unspecified atom stereocenters. The highest BCUT2D eigenvalue weighted by Crippen LogP contribution is 2.38. The van der Waals surface area contributed by atoms with Crippen molar-refractivity contribution in [2.24, 2.45) is 5.14 Å². The van der Waals surface area contributed by atoms with E-state index in [4.69, 9.17) is 5.14 Å². The van der Waals surface area contributed by atoms with Crippen LogP contribution >= 0.6 is 0 Å². The van der Waals surface area contributed by atoms with Gasteiger partial charge in [-0.1, -0.05) is 0 Å². The largest absolute Gasteiger partial charge is 0.262 e. The molecule has 1 aliphatic rings. The first-order chi connectivity index (χ1) is 9.36. The van der Waals surface area contributed by atoms with E-state index in [-0.39, 0.29) is 4.90 Å². The molecule has 0 bridgehead atoms. The van der Waals surface area contributed by atoms with Crippen molar-refractivity contribution in [3.8, 4) is 11.4 Å². The molecule has 1 saturated carbocycles. The SMILES string of the molecule is Cc1cc(-c2n[nH]c(C3CC3)n2)cc(S(N)(=O)=O)c1C. The number of nitrogens with one attached hydrogen (secondary N) is 1. The molecule has 1 aromatic carbocycles. The zero-order chi connectivity index (χ0) is 14.5. The lowest BCUT2D eigenvalue weighted by atomic mass is 10.1. The number of nitrogens with two attached hydrogens (primary N) is 1. The van der Waals surface area contributed by atoms with Crippen molar-refractivity contribution in [3.63, 3.8) is 0 Å². The van der Waals surface area contributed by atoms with Crippen molar-refractivity contribution in [1.29, 1.82) is 0 Å². The van der Waals surface area contributed by atoms with Crippen molar-refractivity contribution in [1.82, 2.24) is 15.2 Å². The van der Waals surface area contributed by atoms with Crippen LogP contribution in [0.25, 0.3) is 11.4 Å². The summed E-state index contributed by atoms with van der Waals surface area (Å²) in [6.45, 7) is 3.59. The zero-order valence-corrected chi connectivity index (χ0v) is 12.2. The zero-order valence-electron chi connectivity index (χ0n) is 11.3. The van der Waals surface area contributed by atoms with Crippen molar-refractivity contribution in [2.75, 3.05) is 0 Å². The maximum Gasteiger partial charge on any atom is 0.238 e. The van der Waals surface area contributed by atoms with Crippen LogP contribution in [0.3, 0.4) is 0 Å². The monoisotopic (exact) mass is 292 g/mol. The lowest BCUT2D eigenvalue weighted by Crippen LogP contribution is -2.14. The third kappa shape index (κ3) is 2.34. The number of aryl methyl sites for hydroxylation is 1. The number of primary sulfonamides is 1. The van der Waals surface area contributed by atoms with Gasteiger partial charge in [-0.05, 0) is 49.9 Å². The lowest BCUT2D eigenvalue weighted by Gasteiger charge is -2.08. The molecule has 106 valence electrons. The Hall–Kier alpha value is -1.73. The molecule has 2 aromatic rings. The smallest absolute Gasteiger partial charge is 0.238 e. The molecule has 1 aromatic heterocycles. The molecule has 0 spiro atoms. The summed E-state index contributed by atoms with van der Waals surface area (Å²) in [5, 5.41) is 12.3. The van der Waals surface area contributed by atoms with Gasteiger partial charge in [-0.2, -0.15) is 5.10 Å². The van der Waals surface area contributed by atoms with Crippen LogP contribution < -0.4 is 5.14 Å². The number of hydrogen-bond acceptors (Lipinski definition) is 4. The molecule has 1 heterocycles. The minimum absolute atomic E-state index is 0.130. The van der Waals surface area contributed by atoms with E-state index in [1.807, 2.05) is 13.0 Å². The third-order valence-corrected chi connectivity index (χ3v) is 4.69. The summed E-state index contributed by atoms with van der Waals surface area (Å²) in [6, 6.07) is 3.42. The molecular weight excluding hydrogens is 276 g/mol. The van der Waals surface area contributed by atoms with Crippen molar-refractivity contribution in [2.45, 2.75) is 37.5 Å². The quantitative estimate of drug-likeness (QED) is 0.897. The van der Waals surface area contributed by atoms with Gasteiger partial charge < -0.3 is 0 Å². The Morgan fingerprint density at radius 1 is 1.30 bits per heavy atom. The molecule has 0 radical (unpaired) electrons. The average Bonchev–Trinajstić information content (AvgIpc) is 3.09. The van der Waals surface area contributed by atoms with Crippen LogP contribution in [0.5, 0.6) is 0 Å². The standard InChI is InChI=1S/C13H16N4O2S/c1-7-5-10(6-11(8(7)2)20(14,18)19)13-15-12(16-17-13)9-3-4-9/h5-6,9H,3-4H2,1-2H3,(H2,14,18,19)(H,15,16,17). The normalized spacial score (nSPS) is 15.6. The molecule has 0 aliphatic heterocycles. The minimum Gasteiger partial charge on any atom is -0.262 e. The molecule has 3 N–H and O–H groups in total. The van der Waals surface area contributed by atoms with Crippen LogP contribution in [0, 0.1) is 13.8 Å². The Labute approximate surface area is 117 Å². The summed E-state index contributed by atoms with van der Waals surface area (Å²) in [5.41, 5.74) is 2.18. The van der Waals surface area contributed by atoms with Gasteiger partial charge in [0.05, 0.1) is 4.90 Å². The number of nitrogens with zero attached hydrogens (tertiary/aromatic N) is 2. The molecular formula is C13H16N4O2S. The van der Waals surface area contributed by atoms with E-state index < -0.39 is 10.0 Å². The molecule has 0 amide bonds. The van der Waals surface area contributed by atoms with E-state index in [9.17, 15) is 8.42 Å². The first-order valence-corrected chi connectivity index (χ1v) is 7.97. The summed E-state index contributed by atoms with van der Waals surface area (Å²) in [4.78, 5) is 4.56. The van der Waals surface area contributed by atoms with Crippen LogP contribution in [0.1, 0.15) is 35.7 Å². The van der Waals surface area contributed by atoms with Crippen molar-refractivity contribution < 1.29 is 8.42 Å². The fraction of sp³-hybridized carbons (Fsp3) is 0.385. The Morgan fingerprint density at radius 2 is 2.00 bits per heavy atom. The first-order valence-electron chi connectivity index (χ1n) is 6.43. The Balaban J connectivity index is 2.11. The highest BCUT2D eigenvalue weighted by molar-refractivity contribution is 7.89. The number of sulfonamides is 1. The minimum atomic E-state index is -3.75. The fourth-order valence-corrected chi connectivity index (χ4v) is 3.07. The number of aromatic nitrogens is 3. The fourth-order valence-electron chi connectivity index (χ4n) is 2.19. The Bertz CT molecular complexity index is 776. The topological polar surface area (TPSA) is 102 Å². The summed E-state index contributed by atoms with van der Waals surface area (Å²) >= 11 is 0. The van der Waals surface area contributed by atoms with E-state index in [0.29, 0.717) is 22.9 Å². The highest BCUT2D eigenvalue weighted by Gasteiger charge is 2.27. The lowest BCUT2D eigenvalue weighted by molar-refractivity contribution is 0.597. The molecule has 20 heavy (non-hydrogen) atoms. The van der Waals surface area contributed by atoms with Crippen LogP contribution in [0.4, 0.5) is 0 Å². The van der Waals surface area contributed by atoms with Gasteiger partial charge in [0, 0.05) is 11.5 Å². The van der Waals surface area contributed by atoms with Crippen molar-refractivity contribution >= 4 is 10.0 Å². The van der Waals surface area contributed by atoms with Crippen LogP contribution in [-0.4, -0.2) is 23.6 Å². The van der Waals surface area contributed by atoms with Crippen LogP contribution in [0.2, 0.25) is 0 Å². The molecule has 0 atom stereocenters. The summed E-state index contributed by atoms with van der Waals surface area (Å²) in [7, 11) is -3.75. The molecule has 3 rings (SSSR count). The maximum atomic E-state index is 11.6. The van der Waals surface area contributed by atoms with Gasteiger partial charge in [0.15, 0.2) is 5.82 Å². The Morgan fingerprint density at radius 3 is 2.60 bits per heavy atom. The van der Waals surface area contributed by atoms with E-state index >= 15 is 0 Å². The van der Waals surface area contributed by atoms with E-state index in [1.54, 1.807) is 6.92 Å². The Kier molecular flexibility index (Phi) is 2.91. The van der Waals surface area contributed by atoms with Gasteiger partial charge in [-0.25, -0.2) is 18.5 Å². The third-order valence-electron chi connectivity index (χ3n) is 3.65. The highest BCUT2D eigenvalue weighted by atomic mass is 32.2. The predicted molar refractivity (Wildman–Crippen MR) is 74.6 cm³/mol. The number of aromatic amines is 1.